The van der Waals surface area contributed by atoms with Crippen LogP contribution in [0.2, 0.25) is 0 Å². The van der Waals surface area contributed by atoms with Crippen LogP contribution in [-0.2, 0) is 6.54 Å². The van der Waals surface area contributed by atoms with Gasteiger partial charge in [-0.15, -0.1) is 0 Å². The summed E-state index contributed by atoms with van der Waals surface area (Å²) < 4.78 is 7.89. The lowest BCUT2D eigenvalue weighted by molar-refractivity contribution is 0.295. The molecular formula is C15H21N3O. The molecule has 1 aromatic carbocycles. The largest absolute Gasteiger partial charge is 0.491 e. The molecule has 0 aliphatic heterocycles. The lowest BCUT2D eigenvalue weighted by atomic mass is 10.1. The van der Waals surface area contributed by atoms with Crippen molar-refractivity contribution >= 4 is 0 Å². The van der Waals surface area contributed by atoms with E-state index >= 15 is 0 Å². The number of hydrogen-bond acceptors (Lipinski definition) is 3. The van der Waals surface area contributed by atoms with Gasteiger partial charge < -0.3 is 15.0 Å². The molecule has 19 heavy (non-hydrogen) atoms. The monoisotopic (exact) mass is 259 g/mol. The first kappa shape index (κ1) is 13.6. The number of imidazole rings is 1. The Labute approximate surface area is 114 Å². The van der Waals surface area contributed by atoms with Gasteiger partial charge in [0.25, 0.3) is 0 Å². The second-order valence-corrected chi connectivity index (χ2v) is 4.83. The molecule has 0 aliphatic rings. The standard InChI is InChI=1S/C15H21N3O/c1-11-10-14(12(2)16)4-5-15(11)19-9-8-18-7-6-17-13(18)3/h4-7,10,12H,8-9,16H2,1-3H3/t12-/m0/s1. The first-order chi connectivity index (χ1) is 9.08. The van der Waals surface area contributed by atoms with Crippen molar-refractivity contribution in [2.24, 2.45) is 5.73 Å². The summed E-state index contributed by atoms with van der Waals surface area (Å²) in [4.78, 5) is 4.18. The highest BCUT2D eigenvalue weighted by molar-refractivity contribution is 5.37. The van der Waals surface area contributed by atoms with Crippen molar-refractivity contribution in [2.75, 3.05) is 6.61 Å². The van der Waals surface area contributed by atoms with Gasteiger partial charge >= 0.3 is 0 Å². The van der Waals surface area contributed by atoms with E-state index < -0.39 is 0 Å². The van der Waals surface area contributed by atoms with Crippen LogP contribution in [0, 0.1) is 13.8 Å². The fraction of sp³-hybridized carbons (Fsp3) is 0.400. The van der Waals surface area contributed by atoms with Gasteiger partial charge in [0.15, 0.2) is 0 Å². The van der Waals surface area contributed by atoms with Crippen molar-refractivity contribution in [2.45, 2.75) is 33.4 Å². The van der Waals surface area contributed by atoms with Crippen molar-refractivity contribution in [1.29, 1.82) is 0 Å². The topological polar surface area (TPSA) is 53.1 Å². The van der Waals surface area contributed by atoms with Gasteiger partial charge in [0, 0.05) is 18.4 Å². The maximum absolute atomic E-state index is 5.86. The Kier molecular flexibility index (Phi) is 4.22. The first-order valence-corrected chi connectivity index (χ1v) is 6.54. The van der Waals surface area contributed by atoms with E-state index in [1.807, 2.05) is 39.1 Å². The average Bonchev–Trinajstić information content (AvgIpc) is 2.77. The maximum atomic E-state index is 5.86. The zero-order valence-electron chi connectivity index (χ0n) is 11.8. The van der Waals surface area contributed by atoms with Gasteiger partial charge in [-0.1, -0.05) is 12.1 Å². The molecule has 1 heterocycles. The number of hydrogen-bond donors (Lipinski definition) is 1. The summed E-state index contributed by atoms with van der Waals surface area (Å²) in [5, 5.41) is 0. The van der Waals surface area contributed by atoms with Crippen LogP contribution in [0.1, 0.15) is 29.9 Å². The molecule has 0 bridgehead atoms. The van der Waals surface area contributed by atoms with Crippen LogP contribution in [0.15, 0.2) is 30.6 Å². The van der Waals surface area contributed by atoms with Crippen molar-refractivity contribution in [3.63, 3.8) is 0 Å². The smallest absolute Gasteiger partial charge is 0.122 e. The zero-order chi connectivity index (χ0) is 13.8. The first-order valence-electron chi connectivity index (χ1n) is 6.54. The number of benzene rings is 1. The van der Waals surface area contributed by atoms with Crippen LogP contribution >= 0.6 is 0 Å². The van der Waals surface area contributed by atoms with E-state index in [0.717, 1.165) is 29.2 Å². The van der Waals surface area contributed by atoms with E-state index in [0.29, 0.717) is 6.61 Å². The molecule has 0 unspecified atom stereocenters. The van der Waals surface area contributed by atoms with Gasteiger partial charge in [-0.05, 0) is 38.0 Å². The molecule has 2 rings (SSSR count). The Bertz CT molecular complexity index is 546. The number of aromatic nitrogens is 2. The lowest BCUT2D eigenvalue weighted by Gasteiger charge is -2.13. The minimum Gasteiger partial charge on any atom is -0.491 e. The van der Waals surface area contributed by atoms with Crippen molar-refractivity contribution < 1.29 is 4.74 Å². The van der Waals surface area contributed by atoms with Crippen LogP contribution in [0.3, 0.4) is 0 Å². The molecule has 1 atom stereocenters. The molecule has 4 heteroatoms. The molecule has 2 N–H and O–H groups in total. The van der Waals surface area contributed by atoms with Crippen LogP contribution < -0.4 is 10.5 Å². The van der Waals surface area contributed by atoms with Gasteiger partial charge in [-0.2, -0.15) is 0 Å². The number of aryl methyl sites for hydroxylation is 2. The van der Waals surface area contributed by atoms with E-state index in [1.54, 1.807) is 6.20 Å². The summed E-state index contributed by atoms with van der Waals surface area (Å²) in [6, 6.07) is 6.16. The van der Waals surface area contributed by atoms with Crippen LogP contribution in [0.5, 0.6) is 5.75 Å². The fourth-order valence-electron chi connectivity index (χ4n) is 2.01. The molecule has 0 aliphatic carbocycles. The molecular weight excluding hydrogens is 238 g/mol. The predicted octanol–water partition coefficient (Wildman–Crippen LogP) is 2.60. The van der Waals surface area contributed by atoms with E-state index in [4.69, 9.17) is 10.5 Å². The van der Waals surface area contributed by atoms with Crippen LogP contribution in [-0.4, -0.2) is 16.2 Å². The number of nitrogens with zero attached hydrogens (tertiary/aromatic N) is 2. The van der Waals surface area contributed by atoms with E-state index in [-0.39, 0.29) is 6.04 Å². The van der Waals surface area contributed by atoms with Crippen molar-refractivity contribution in [1.82, 2.24) is 9.55 Å². The number of ether oxygens (including phenoxy) is 1. The normalized spacial score (nSPS) is 12.4. The predicted molar refractivity (Wildman–Crippen MR) is 76.2 cm³/mol. The Balaban J connectivity index is 1.95. The van der Waals surface area contributed by atoms with E-state index in [1.165, 1.54) is 0 Å². The molecule has 1 aromatic heterocycles. The summed E-state index contributed by atoms with van der Waals surface area (Å²) in [7, 11) is 0. The minimum atomic E-state index is 0.0568. The quantitative estimate of drug-likeness (QED) is 0.898. The fourth-order valence-corrected chi connectivity index (χ4v) is 2.01. The summed E-state index contributed by atoms with van der Waals surface area (Å²) in [5.74, 6) is 1.93. The average molecular weight is 259 g/mol. The second-order valence-electron chi connectivity index (χ2n) is 4.83. The minimum absolute atomic E-state index is 0.0568. The van der Waals surface area contributed by atoms with Gasteiger partial charge in [0.05, 0.1) is 6.54 Å². The van der Waals surface area contributed by atoms with Gasteiger partial charge in [-0.3, -0.25) is 0 Å². The summed E-state index contributed by atoms with van der Waals surface area (Å²) >= 11 is 0. The number of rotatable bonds is 5. The van der Waals surface area contributed by atoms with Crippen molar-refractivity contribution in [3.05, 3.63) is 47.5 Å². The maximum Gasteiger partial charge on any atom is 0.122 e. The molecule has 2 aromatic rings. The lowest BCUT2D eigenvalue weighted by Crippen LogP contribution is -2.10. The molecule has 102 valence electrons. The molecule has 0 saturated heterocycles. The third kappa shape index (κ3) is 3.35. The Hall–Kier alpha value is -1.81. The second kappa shape index (κ2) is 5.89. The third-order valence-electron chi connectivity index (χ3n) is 3.24. The Morgan fingerprint density at radius 2 is 2.16 bits per heavy atom. The molecule has 0 saturated carbocycles. The summed E-state index contributed by atoms with van der Waals surface area (Å²) in [5.41, 5.74) is 8.12. The van der Waals surface area contributed by atoms with Gasteiger partial charge in [0.2, 0.25) is 0 Å². The summed E-state index contributed by atoms with van der Waals surface area (Å²) in [6.07, 6.45) is 3.77. The molecule has 0 amide bonds. The van der Waals surface area contributed by atoms with Crippen LogP contribution in [0.4, 0.5) is 0 Å². The Morgan fingerprint density at radius 1 is 1.37 bits per heavy atom. The third-order valence-corrected chi connectivity index (χ3v) is 3.24. The molecule has 0 fully saturated rings. The van der Waals surface area contributed by atoms with Gasteiger partial charge in [-0.25, -0.2) is 4.98 Å². The highest BCUT2D eigenvalue weighted by Gasteiger charge is 2.04. The molecule has 4 nitrogen and oxygen atoms in total. The highest BCUT2D eigenvalue weighted by atomic mass is 16.5. The number of nitrogens with two attached hydrogens (primary N) is 1. The highest BCUT2D eigenvalue weighted by Crippen LogP contribution is 2.21. The van der Waals surface area contributed by atoms with Crippen molar-refractivity contribution in [3.8, 4) is 5.75 Å². The molecule has 0 spiro atoms. The molecule has 0 radical (unpaired) electrons. The van der Waals surface area contributed by atoms with Crippen LogP contribution in [0.25, 0.3) is 0 Å². The summed E-state index contributed by atoms with van der Waals surface area (Å²) in [6.45, 7) is 7.46. The van der Waals surface area contributed by atoms with Gasteiger partial charge in [0.1, 0.15) is 18.2 Å². The van der Waals surface area contributed by atoms with E-state index in [9.17, 15) is 0 Å². The van der Waals surface area contributed by atoms with E-state index in [2.05, 4.69) is 15.6 Å². The zero-order valence-corrected chi connectivity index (χ0v) is 11.8. The SMILES string of the molecule is Cc1cc([C@H](C)N)ccc1OCCn1ccnc1C. The Morgan fingerprint density at radius 3 is 2.74 bits per heavy atom.